The van der Waals surface area contributed by atoms with Crippen molar-refractivity contribution in [2.24, 2.45) is 0 Å². The van der Waals surface area contributed by atoms with Crippen LogP contribution in [-0.2, 0) is 4.74 Å². The number of aromatic nitrogens is 1. The fourth-order valence-corrected chi connectivity index (χ4v) is 1.70. The third kappa shape index (κ3) is 3.43. The normalized spacial score (nSPS) is 10.7. The van der Waals surface area contributed by atoms with E-state index in [2.05, 4.69) is 4.98 Å². The lowest BCUT2D eigenvalue weighted by atomic mass is 10.1. The summed E-state index contributed by atoms with van der Waals surface area (Å²) in [4.78, 5) is 18.3. The summed E-state index contributed by atoms with van der Waals surface area (Å²) in [5, 5.41) is 0. The van der Waals surface area contributed by atoms with Crippen molar-refractivity contribution in [3.63, 3.8) is 0 Å². The average molecular weight is 251 g/mol. The minimum Gasteiger partial charge on any atom is -0.397 e. The van der Waals surface area contributed by atoms with Gasteiger partial charge in [0, 0.05) is 19.7 Å². The lowest BCUT2D eigenvalue weighted by Gasteiger charge is -2.27. The van der Waals surface area contributed by atoms with Gasteiger partial charge in [0.05, 0.1) is 29.7 Å². The van der Waals surface area contributed by atoms with Gasteiger partial charge in [0.1, 0.15) is 0 Å². The first-order valence-corrected chi connectivity index (χ1v) is 5.99. The molecule has 0 saturated heterocycles. The van der Waals surface area contributed by atoms with Crippen LogP contribution in [0.1, 0.15) is 29.9 Å². The Kier molecular flexibility index (Phi) is 5.09. The number of amides is 1. The number of carbonyl (C=O) groups excluding carboxylic acids is 1. The molecule has 1 aromatic heterocycles. The Bertz CT molecular complexity index is 419. The number of hydrogen-bond donors (Lipinski definition) is 1. The van der Waals surface area contributed by atoms with E-state index in [1.165, 1.54) is 0 Å². The number of ether oxygens (including phenoxy) is 1. The fourth-order valence-electron chi connectivity index (χ4n) is 1.70. The molecule has 0 aliphatic carbocycles. The van der Waals surface area contributed by atoms with Crippen LogP contribution in [0.2, 0.25) is 0 Å². The quantitative estimate of drug-likeness (QED) is 0.860. The van der Waals surface area contributed by atoms with Gasteiger partial charge >= 0.3 is 0 Å². The smallest absolute Gasteiger partial charge is 0.256 e. The first-order chi connectivity index (χ1) is 8.47. The number of aryl methyl sites for hydroxylation is 1. The van der Waals surface area contributed by atoms with Crippen molar-refractivity contribution in [3.05, 3.63) is 23.5 Å². The predicted octanol–water partition coefficient (Wildman–Crippen LogP) is 1.47. The topological polar surface area (TPSA) is 68.5 Å². The third-order valence-electron chi connectivity index (χ3n) is 2.76. The minimum absolute atomic E-state index is 0.0562. The molecule has 0 aromatic carbocycles. The van der Waals surface area contributed by atoms with E-state index >= 15 is 0 Å². The summed E-state index contributed by atoms with van der Waals surface area (Å²) in [6, 6.07) is 1.78. The molecule has 0 radical (unpaired) electrons. The maximum Gasteiger partial charge on any atom is 0.256 e. The Hall–Kier alpha value is -1.62. The van der Waals surface area contributed by atoms with E-state index in [0.29, 0.717) is 30.1 Å². The molecule has 5 heteroatoms. The monoisotopic (exact) mass is 251 g/mol. The number of carbonyl (C=O) groups is 1. The van der Waals surface area contributed by atoms with Crippen LogP contribution in [0.5, 0.6) is 0 Å². The SMILES string of the molecule is COCCN(C(=O)c1cc(N)cnc1C)C(C)C. The molecule has 1 rings (SSSR count). The minimum atomic E-state index is -0.0562. The van der Waals surface area contributed by atoms with Crippen molar-refractivity contribution in [3.8, 4) is 0 Å². The summed E-state index contributed by atoms with van der Waals surface area (Å²) in [5.74, 6) is -0.0562. The van der Waals surface area contributed by atoms with Crippen molar-refractivity contribution in [2.75, 3.05) is 26.0 Å². The summed E-state index contributed by atoms with van der Waals surface area (Å²) < 4.78 is 5.03. The van der Waals surface area contributed by atoms with E-state index in [9.17, 15) is 4.79 Å². The largest absolute Gasteiger partial charge is 0.397 e. The van der Waals surface area contributed by atoms with Crippen LogP contribution in [0.15, 0.2) is 12.3 Å². The Morgan fingerprint density at radius 3 is 2.78 bits per heavy atom. The van der Waals surface area contributed by atoms with Crippen molar-refractivity contribution < 1.29 is 9.53 Å². The van der Waals surface area contributed by atoms with Gasteiger partial charge in [0.2, 0.25) is 0 Å². The standard InChI is InChI=1S/C13H21N3O2/c1-9(2)16(5-6-18-4)13(17)12-7-11(14)8-15-10(12)3/h7-9H,5-6,14H2,1-4H3. The number of nitrogens with zero attached hydrogens (tertiary/aromatic N) is 2. The highest BCUT2D eigenvalue weighted by Crippen LogP contribution is 2.14. The zero-order valence-corrected chi connectivity index (χ0v) is 11.4. The number of nitrogens with two attached hydrogens (primary N) is 1. The summed E-state index contributed by atoms with van der Waals surface area (Å²) >= 11 is 0. The van der Waals surface area contributed by atoms with Gasteiger partial charge in [-0.3, -0.25) is 9.78 Å². The average Bonchev–Trinajstić information content (AvgIpc) is 2.32. The number of anilines is 1. The summed E-state index contributed by atoms with van der Waals surface area (Å²) in [5.41, 5.74) is 7.43. The Labute approximate surface area is 108 Å². The molecule has 0 fully saturated rings. The molecule has 0 saturated carbocycles. The Morgan fingerprint density at radius 2 is 2.22 bits per heavy atom. The second kappa shape index (κ2) is 6.35. The summed E-state index contributed by atoms with van der Waals surface area (Å²) in [7, 11) is 1.62. The molecule has 1 aromatic rings. The second-order valence-electron chi connectivity index (χ2n) is 4.49. The van der Waals surface area contributed by atoms with E-state index in [1.807, 2.05) is 20.8 Å². The number of hydrogen-bond acceptors (Lipinski definition) is 4. The first-order valence-electron chi connectivity index (χ1n) is 5.99. The summed E-state index contributed by atoms with van der Waals surface area (Å²) in [6.45, 7) is 6.83. The maximum absolute atomic E-state index is 12.4. The van der Waals surface area contributed by atoms with Gasteiger partial charge in [-0.2, -0.15) is 0 Å². The Morgan fingerprint density at radius 1 is 1.56 bits per heavy atom. The number of nitrogen functional groups attached to an aromatic ring is 1. The second-order valence-corrected chi connectivity index (χ2v) is 4.49. The highest BCUT2D eigenvalue weighted by Gasteiger charge is 2.20. The molecule has 0 atom stereocenters. The van der Waals surface area contributed by atoms with Gasteiger partial charge in [0.25, 0.3) is 5.91 Å². The van der Waals surface area contributed by atoms with Gasteiger partial charge in [-0.25, -0.2) is 0 Å². The molecular formula is C13H21N3O2. The molecule has 0 aliphatic rings. The molecule has 100 valence electrons. The molecule has 0 spiro atoms. The highest BCUT2D eigenvalue weighted by atomic mass is 16.5. The molecule has 0 unspecified atom stereocenters. The molecule has 2 N–H and O–H groups in total. The van der Waals surface area contributed by atoms with Gasteiger partial charge in [-0.15, -0.1) is 0 Å². The zero-order chi connectivity index (χ0) is 13.7. The van der Waals surface area contributed by atoms with E-state index in [0.717, 1.165) is 0 Å². The van der Waals surface area contributed by atoms with E-state index in [-0.39, 0.29) is 11.9 Å². The fraction of sp³-hybridized carbons (Fsp3) is 0.538. The van der Waals surface area contributed by atoms with Crippen LogP contribution in [0.3, 0.4) is 0 Å². The van der Waals surface area contributed by atoms with Gasteiger partial charge < -0.3 is 15.4 Å². The lowest BCUT2D eigenvalue weighted by Crippen LogP contribution is -2.39. The van der Waals surface area contributed by atoms with Crippen LogP contribution in [0, 0.1) is 6.92 Å². The van der Waals surface area contributed by atoms with Crippen LogP contribution in [0.25, 0.3) is 0 Å². The Balaban J connectivity index is 2.98. The molecule has 0 bridgehead atoms. The predicted molar refractivity (Wildman–Crippen MR) is 71.4 cm³/mol. The number of rotatable bonds is 5. The van der Waals surface area contributed by atoms with Gasteiger partial charge in [0.15, 0.2) is 0 Å². The highest BCUT2D eigenvalue weighted by molar-refractivity contribution is 5.96. The molecule has 1 heterocycles. The third-order valence-corrected chi connectivity index (χ3v) is 2.76. The van der Waals surface area contributed by atoms with Crippen LogP contribution < -0.4 is 5.73 Å². The van der Waals surface area contributed by atoms with Crippen LogP contribution in [0.4, 0.5) is 5.69 Å². The molecule has 1 amide bonds. The number of pyridine rings is 1. The summed E-state index contributed by atoms with van der Waals surface area (Å²) in [6.07, 6.45) is 1.56. The van der Waals surface area contributed by atoms with Gasteiger partial charge in [-0.1, -0.05) is 0 Å². The van der Waals surface area contributed by atoms with Crippen LogP contribution in [-0.4, -0.2) is 42.1 Å². The van der Waals surface area contributed by atoms with E-state index in [1.54, 1.807) is 24.3 Å². The zero-order valence-electron chi connectivity index (χ0n) is 11.4. The van der Waals surface area contributed by atoms with E-state index in [4.69, 9.17) is 10.5 Å². The molecule has 18 heavy (non-hydrogen) atoms. The molecule has 5 nitrogen and oxygen atoms in total. The van der Waals surface area contributed by atoms with Gasteiger partial charge in [-0.05, 0) is 26.8 Å². The van der Waals surface area contributed by atoms with Crippen molar-refractivity contribution in [2.45, 2.75) is 26.8 Å². The lowest BCUT2D eigenvalue weighted by molar-refractivity contribution is 0.0634. The molecule has 0 aliphatic heterocycles. The van der Waals surface area contributed by atoms with Crippen LogP contribution >= 0.6 is 0 Å². The van der Waals surface area contributed by atoms with Crippen molar-refractivity contribution >= 4 is 11.6 Å². The molecular weight excluding hydrogens is 230 g/mol. The van der Waals surface area contributed by atoms with Crippen molar-refractivity contribution in [1.82, 2.24) is 9.88 Å². The van der Waals surface area contributed by atoms with E-state index < -0.39 is 0 Å². The van der Waals surface area contributed by atoms with Crippen molar-refractivity contribution in [1.29, 1.82) is 0 Å². The number of methoxy groups -OCH3 is 1. The first kappa shape index (κ1) is 14.4. The maximum atomic E-state index is 12.4.